The Hall–Kier alpha value is -0.890. The minimum Gasteiger partial charge on any atom is -0.396 e. The molecular weight excluding hydrogens is 415 g/mol. The van der Waals surface area contributed by atoms with Crippen LogP contribution in [0.25, 0.3) is 0 Å². The molecule has 6 heteroatoms. The summed E-state index contributed by atoms with van der Waals surface area (Å²) >= 11 is 0. The second-order valence-electron chi connectivity index (χ2n) is 5.91. The van der Waals surface area contributed by atoms with E-state index in [0.29, 0.717) is 0 Å². The molecule has 0 spiro atoms. The van der Waals surface area contributed by atoms with Crippen molar-refractivity contribution in [3.63, 3.8) is 0 Å². The average Bonchev–Trinajstić information content (AvgIpc) is 2.59. The lowest BCUT2D eigenvalue weighted by atomic mass is 9.79. The number of aromatic nitrogens is 1. The van der Waals surface area contributed by atoms with E-state index in [2.05, 4.69) is 42.5 Å². The number of aliphatic hydroxyl groups is 1. The maximum absolute atomic E-state index is 9.31. The lowest BCUT2D eigenvalue weighted by molar-refractivity contribution is 0.175. The number of aliphatic imine (C=N–C) groups is 1. The van der Waals surface area contributed by atoms with Gasteiger partial charge in [0.15, 0.2) is 5.96 Å². The van der Waals surface area contributed by atoms with E-state index in [9.17, 15) is 5.11 Å². The Morgan fingerprint density at radius 2 is 2.00 bits per heavy atom. The van der Waals surface area contributed by atoms with Crippen molar-refractivity contribution in [2.75, 3.05) is 26.2 Å². The van der Waals surface area contributed by atoms with E-state index < -0.39 is 0 Å². The molecule has 5 nitrogen and oxygen atoms in total. The van der Waals surface area contributed by atoms with E-state index in [1.807, 2.05) is 12.3 Å². The van der Waals surface area contributed by atoms with Crippen LogP contribution in [0.1, 0.15) is 45.6 Å². The fourth-order valence-electron chi connectivity index (χ4n) is 2.60. The fraction of sp³-hybridized carbons (Fsp3) is 0.667. The third-order valence-electron chi connectivity index (χ3n) is 4.49. The topological polar surface area (TPSA) is 69.5 Å². The molecule has 0 atom stereocenters. The molecule has 0 radical (unpaired) electrons. The van der Waals surface area contributed by atoms with Crippen molar-refractivity contribution in [2.45, 2.75) is 46.5 Å². The van der Waals surface area contributed by atoms with Gasteiger partial charge in [0.05, 0.1) is 0 Å². The van der Waals surface area contributed by atoms with Crippen LogP contribution in [0.5, 0.6) is 0 Å². The molecule has 24 heavy (non-hydrogen) atoms. The number of pyridine rings is 1. The molecular formula is C18H33IN4O. The number of guanidine groups is 1. The van der Waals surface area contributed by atoms with Crippen molar-refractivity contribution in [3.8, 4) is 0 Å². The molecule has 0 aromatic carbocycles. The number of nitrogens with zero attached hydrogens (tertiary/aromatic N) is 2. The van der Waals surface area contributed by atoms with E-state index >= 15 is 0 Å². The summed E-state index contributed by atoms with van der Waals surface area (Å²) in [5.74, 6) is 0.848. The van der Waals surface area contributed by atoms with Crippen molar-refractivity contribution in [2.24, 2.45) is 10.4 Å². The second-order valence-corrected chi connectivity index (χ2v) is 5.91. The van der Waals surface area contributed by atoms with Crippen LogP contribution in [-0.2, 0) is 6.42 Å². The lowest BCUT2D eigenvalue weighted by Gasteiger charge is -2.29. The van der Waals surface area contributed by atoms with Crippen LogP contribution in [0.2, 0.25) is 0 Å². The summed E-state index contributed by atoms with van der Waals surface area (Å²) in [5, 5.41) is 16.0. The second kappa shape index (κ2) is 13.4. The predicted octanol–water partition coefficient (Wildman–Crippen LogP) is 2.99. The number of nitrogens with one attached hydrogen (secondary N) is 2. The molecule has 0 aliphatic rings. The number of rotatable bonds is 10. The molecule has 0 aliphatic carbocycles. The molecule has 0 saturated carbocycles. The Morgan fingerprint density at radius 1 is 1.25 bits per heavy atom. The van der Waals surface area contributed by atoms with Gasteiger partial charge in [-0.2, -0.15) is 0 Å². The zero-order valence-electron chi connectivity index (χ0n) is 15.2. The maximum atomic E-state index is 9.31. The largest absolute Gasteiger partial charge is 0.396 e. The van der Waals surface area contributed by atoms with E-state index in [1.54, 1.807) is 6.20 Å². The van der Waals surface area contributed by atoms with Gasteiger partial charge in [-0.3, -0.25) is 9.98 Å². The van der Waals surface area contributed by atoms with Gasteiger partial charge in [-0.25, -0.2) is 0 Å². The van der Waals surface area contributed by atoms with Crippen LogP contribution in [0, 0.1) is 5.41 Å². The smallest absolute Gasteiger partial charge is 0.191 e. The molecule has 138 valence electrons. The highest BCUT2D eigenvalue weighted by Gasteiger charge is 2.25. The zero-order valence-corrected chi connectivity index (χ0v) is 17.5. The zero-order chi connectivity index (χ0) is 17.0. The minimum absolute atomic E-state index is 0. The number of halogens is 1. The third-order valence-corrected chi connectivity index (χ3v) is 4.49. The van der Waals surface area contributed by atoms with E-state index in [1.165, 1.54) is 5.56 Å². The van der Waals surface area contributed by atoms with Crippen LogP contribution in [0.15, 0.2) is 29.5 Å². The number of hydrogen-bond acceptors (Lipinski definition) is 3. The Morgan fingerprint density at radius 3 is 2.54 bits per heavy atom. The third kappa shape index (κ3) is 8.28. The molecule has 0 bridgehead atoms. The highest BCUT2D eigenvalue weighted by molar-refractivity contribution is 14.0. The van der Waals surface area contributed by atoms with Crippen LogP contribution in [0.4, 0.5) is 0 Å². The normalized spacial score (nSPS) is 11.8. The molecule has 0 fully saturated rings. The van der Waals surface area contributed by atoms with E-state index in [-0.39, 0.29) is 36.0 Å². The molecule has 3 N–H and O–H groups in total. The van der Waals surface area contributed by atoms with Gasteiger partial charge >= 0.3 is 0 Å². The molecule has 1 aromatic heterocycles. The highest BCUT2D eigenvalue weighted by atomic mass is 127. The Bertz CT molecular complexity index is 450. The Labute approximate surface area is 163 Å². The Kier molecular flexibility index (Phi) is 12.9. The fourth-order valence-corrected chi connectivity index (χ4v) is 2.60. The van der Waals surface area contributed by atoms with Gasteiger partial charge in [-0.15, -0.1) is 24.0 Å². The molecule has 1 rings (SSSR count). The summed E-state index contributed by atoms with van der Waals surface area (Å²) < 4.78 is 0. The van der Waals surface area contributed by atoms with Crippen molar-refractivity contribution < 1.29 is 5.11 Å². The summed E-state index contributed by atoms with van der Waals surface area (Å²) in [6, 6.07) is 4.04. The lowest BCUT2D eigenvalue weighted by Crippen LogP contribution is -2.39. The van der Waals surface area contributed by atoms with Crippen LogP contribution < -0.4 is 10.6 Å². The summed E-state index contributed by atoms with van der Waals surface area (Å²) in [6.07, 6.45) is 7.47. The number of aliphatic hydroxyl groups excluding tert-OH is 1. The average molecular weight is 448 g/mol. The summed E-state index contributed by atoms with van der Waals surface area (Å²) in [7, 11) is 0. The van der Waals surface area contributed by atoms with Gasteiger partial charge in [0.2, 0.25) is 0 Å². The van der Waals surface area contributed by atoms with E-state index in [0.717, 1.165) is 51.3 Å². The number of hydrogen-bond donors (Lipinski definition) is 3. The first-order valence-corrected chi connectivity index (χ1v) is 8.71. The first-order valence-electron chi connectivity index (χ1n) is 8.71. The summed E-state index contributed by atoms with van der Waals surface area (Å²) in [4.78, 5) is 8.88. The van der Waals surface area contributed by atoms with Crippen LogP contribution in [0.3, 0.4) is 0 Å². The molecule has 0 unspecified atom stereocenters. The van der Waals surface area contributed by atoms with Gasteiger partial charge in [0.1, 0.15) is 0 Å². The molecule has 0 amide bonds. The summed E-state index contributed by atoms with van der Waals surface area (Å²) in [6.45, 7) is 9.05. The maximum Gasteiger partial charge on any atom is 0.191 e. The van der Waals surface area contributed by atoms with Crippen molar-refractivity contribution >= 4 is 29.9 Å². The first kappa shape index (κ1) is 23.1. The first-order chi connectivity index (χ1) is 11.2. The van der Waals surface area contributed by atoms with Gasteiger partial charge < -0.3 is 15.7 Å². The highest BCUT2D eigenvalue weighted by Crippen LogP contribution is 2.30. The van der Waals surface area contributed by atoms with Crippen molar-refractivity contribution in [1.29, 1.82) is 0 Å². The predicted molar refractivity (Wildman–Crippen MR) is 112 cm³/mol. The molecule has 1 heterocycles. The molecule has 0 aliphatic heterocycles. The quantitative estimate of drug-likeness (QED) is 0.293. The van der Waals surface area contributed by atoms with Gasteiger partial charge in [0.25, 0.3) is 0 Å². The summed E-state index contributed by atoms with van der Waals surface area (Å²) in [5.41, 5.74) is 1.31. The SMILES string of the molecule is CCNC(=NCC(CC)(CC)CCO)NCCc1cccnc1.I. The minimum atomic E-state index is 0. The van der Waals surface area contributed by atoms with Crippen molar-refractivity contribution in [3.05, 3.63) is 30.1 Å². The van der Waals surface area contributed by atoms with Crippen LogP contribution in [-0.4, -0.2) is 42.3 Å². The standard InChI is InChI=1S/C18H32N4O.HI/c1-4-18(5-2,10-13-23)15-22-17(20-6-3)21-12-9-16-8-7-11-19-14-16;/h7-8,11,14,23H,4-6,9-10,12-13,15H2,1-3H3,(H2,20,21,22);1H. The van der Waals surface area contributed by atoms with E-state index in [4.69, 9.17) is 4.99 Å². The molecule has 1 aromatic rings. The molecule has 0 saturated heterocycles. The van der Waals surface area contributed by atoms with Crippen LogP contribution >= 0.6 is 24.0 Å². The Balaban J connectivity index is 0.00000529. The monoisotopic (exact) mass is 448 g/mol. The van der Waals surface area contributed by atoms with Gasteiger partial charge in [-0.05, 0) is 49.7 Å². The van der Waals surface area contributed by atoms with Gasteiger partial charge in [0, 0.05) is 38.6 Å². The van der Waals surface area contributed by atoms with Crippen molar-refractivity contribution in [1.82, 2.24) is 15.6 Å². The van der Waals surface area contributed by atoms with Gasteiger partial charge in [-0.1, -0.05) is 19.9 Å².